The highest BCUT2D eigenvalue weighted by Crippen LogP contribution is 2.17. The van der Waals surface area contributed by atoms with Crippen LogP contribution < -0.4 is 10.8 Å². The van der Waals surface area contributed by atoms with E-state index in [1.165, 1.54) is 0 Å². The van der Waals surface area contributed by atoms with E-state index in [0.717, 1.165) is 5.56 Å². The van der Waals surface area contributed by atoms with Gasteiger partial charge in [0.25, 0.3) is 5.91 Å². The predicted molar refractivity (Wildman–Crippen MR) is 108 cm³/mol. The first-order valence-electron chi connectivity index (χ1n) is 9.57. The summed E-state index contributed by atoms with van der Waals surface area (Å²) in [4.78, 5) is 29.5. The number of carbonyl (C=O) groups excluding carboxylic acids is 2. The molecule has 1 aliphatic rings. The van der Waals surface area contributed by atoms with Gasteiger partial charge < -0.3 is 19.7 Å². The third-order valence-electron chi connectivity index (χ3n) is 4.98. The molecule has 2 aromatic rings. The molecule has 0 unspecified atom stereocenters. The van der Waals surface area contributed by atoms with E-state index in [-0.39, 0.29) is 18.2 Å². The lowest BCUT2D eigenvalue weighted by Gasteiger charge is -2.21. The molecule has 8 nitrogen and oxygen atoms in total. The van der Waals surface area contributed by atoms with Gasteiger partial charge in [-0.1, -0.05) is 26.0 Å². The Morgan fingerprint density at radius 3 is 2.83 bits per heavy atom. The van der Waals surface area contributed by atoms with E-state index in [0.29, 0.717) is 28.9 Å². The highest BCUT2D eigenvalue weighted by Gasteiger charge is 2.32. The van der Waals surface area contributed by atoms with Crippen molar-refractivity contribution < 1.29 is 24.0 Å². The third kappa shape index (κ3) is 4.51. The molecule has 0 spiro atoms. The minimum atomic E-state index is -1.06. The number of nitrogens with one attached hydrogen (secondary N) is 1. The molecule has 0 aliphatic carbocycles. The number of benzene rings is 1. The van der Waals surface area contributed by atoms with Crippen LogP contribution in [0.5, 0.6) is 0 Å². The Kier molecular flexibility index (Phi) is 6.50. The van der Waals surface area contributed by atoms with Gasteiger partial charge in [-0.05, 0) is 47.6 Å². The standard InChI is InChI=1S/C21H22BN3O5/c1-12(2)19(21(27)29-11-16-6-4-5-15(9-23)24-16)25-20(26)17-8-7-14-10-30-22(28)18(14)13(17)3/h4-8,12,19,28H,10-11H2,1-3H3,(H,25,26)/t19-/m0/s1. The van der Waals surface area contributed by atoms with Crippen LogP contribution in [0, 0.1) is 24.2 Å². The molecule has 30 heavy (non-hydrogen) atoms. The van der Waals surface area contributed by atoms with Gasteiger partial charge in [-0.3, -0.25) is 4.79 Å². The smallest absolute Gasteiger partial charge is 0.458 e. The maximum atomic E-state index is 12.9. The molecule has 0 saturated carbocycles. The lowest BCUT2D eigenvalue weighted by Crippen LogP contribution is -2.46. The molecule has 1 aromatic heterocycles. The fourth-order valence-electron chi connectivity index (χ4n) is 3.33. The molecule has 1 aliphatic heterocycles. The van der Waals surface area contributed by atoms with Crippen LogP contribution in [0.3, 0.4) is 0 Å². The summed E-state index contributed by atoms with van der Waals surface area (Å²) in [6.07, 6.45) is 0. The second-order valence-corrected chi connectivity index (χ2v) is 7.40. The number of rotatable bonds is 6. The summed E-state index contributed by atoms with van der Waals surface area (Å²) in [6.45, 7) is 5.53. The Morgan fingerprint density at radius 2 is 2.13 bits per heavy atom. The first kappa shape index (κ1) is 21.5. The number of carbonyl (C=O) groups is 2. The number of esters is 1. The molecule has 1 atom stereocenters. The Bertz CT molecular complexity index is 1020. The lowest BCUT2D eigenvalue weighted by atomic mass is 9.75. The highest BCUT2D eigenvalue weighted by atomic mass is 16.5. The number of aromatic nitrogens is 1. The van der Waals surface area contributed by atoms with Crippen molar-refractivity contribution in [1.82, 2.24) is 10.3 Å². The van der Waals surface area contributed by atoms with Crippen LogP contribution in [0.2, 0.25) is 0 Å². The molecule has 0 fully saturated rings. The van der Waals surface area contributed by atoms with E-state index >= 15 is 0 Å². The molecule has 3 rings (SSSR count). The number of fused-ring (bicyclic) bond motifs is 1. The molecule has 0 saturated heterocycles. The van der Waals surface area contributed by atoms with Gasteiger partial charge in [0, 0.05) is 5.56 Å². The van der Waals surface area contributed by atoms with E-state index in [1.54, 1.807) is 51.1 Å². The van der Waals surface area contributed by atoms with E-state index in [9.17, 15) is 14.6 Å². The Labute approximate surface area is 175 Å². The summed E-state index contributed by atoms with van der Waals surface area (Å²) in [5.74, 6) is -1.25. The fourth-order valence-corrected chi connectivity index (χ4v) is 3.33. The second kappa shape index (κ2) is 9.07. The SMILES string of the molecule is Cc1c(C(=O)N[C@H](C(=O)OCc2cccc(C#N)n2)C(C)C)ccc2c1B(O)OC2. The van der Waals surface area contributed by atoms with Crippen molar-refractivity contribution in [1.29, 1.82) is 5.26 Å². The molecular formula is C21H22BN3O5. The normalized spacial score (nSPS) is 13.5. The van der Waals surface area contributed by atoms with Crippen LogP contribution in [0.4, 0.5) is 0 Å². The largest absolute Gasteiger partial charge is 0.492 e. The van der Waals surface area contributed by atoms with E-state index < -0.39 is 25.0 Å². The number of nitrogens with zero attached hydrogens (tertiary/aromatic N) is 2. The summed E-state index contributed by atoms with van der Waals surface area (Å²) in [6, 6.07) is 9.33. The quantitative estimate of drug-likeness (QED) is 0.541. The summed E-state index contributed by atoms with van der Waals surface area (Å²) >= 11 is 0. The second-order valence-electron chi connectivity index (χ2n) is 7.40. The molecule has 2 heterocycles. The molecular weight excluding hydrogens is 385 g/mol. The van der Waals surface area contributed by atoms with Gasteiger partial charge in [-0.2, -0.15) is 5.26 Å². The zero-order chi connectivity index (χ0) is 21.8. The highest BCUT2D eigenvalue weighted by molar-refractivity contribution is 6.62. The van der Waals surface area contributed by atoms with Gasteiger partial charge in [-0.25, -0.2) is 9.78 Å². The summed E-state index contributed by atoms with van der Waals surface area (Å²) in [5, 5.41) is 21.6. The molecule has 2 N–H and O–H groups in total. The molecule has 1 aromatic carbocycles. The molecule has 0 bridgehead atoms. The minimum Gasteiger partial charge on any atom is -0.458 e. The van der Waals surface area contributed by atoms with Gasteiger partial charge in [0.1, 0.15) is 24.4 Å². The zero-order valence-electron chi connectivity index (χ0n) is 17.0. The number of hydrogen-bond donors (Lipinski definition) is 2. The molecule has 9 heteroatoms. The van der Waals surface area contributed by atoms with Crippen LogP contribution in [-0.2, 0) is 27.4 Å². The van der Waals surface area contributed by atoms with Crippen molar-refractivity contribution >= 4 is 24.5 Å². The van der Waals surface area contributed by atoms with Crippen LogP contribution >= 0.6 is 0 Å². The first-order chi connectivity index (χ1) is 14.3. The number of nitriles is 1. The van der Waals surface area contributed by atoms with E-state index in [2.05, 4.69) is 10.3 Å². The third-order valence-corrected chi connectivity index (χ3v) is 4.98. The summed E-state index contributed by atoms with van der Waals surface area (Å²) < 4.78 is 10.5. The molecule has 0 radical (unpaired) electrons. The number of hydrogen-bond acceptors (Lipinski definition) is 7. The Balaban J connectivity index is 1.71. The zero-order valence-corrected chi connectivity index (χ0v) is 17.0. The van der Waals surface area contributed by atoms with Gasteiger partial charge in [0.05, 0.1) is 12.3 Å². The summed E-state index contributed by atoms with van der Waals surface area (Å²) in [7, 11) is -1.06. The van der Waals surface area contributed by atoms with Gasteiger partial charge in [0.2, 0.25) is 0 Å². The number of ether oxygens (including phenoxy) is 1. The summed E-state index contributed by atoms with van der Waals surface area (Å²) in [5.41, 5.74) is 3.08. The van der Waals surface area contributed by atoms with Crippen molar-refractivity contribution in [3.63, 3.8) is 0 Å². The van der Waals surface area contributed by atoms with Crippen LogP contribution in [0.25, 0.3) is 0 Å². The van der Waals surface area contributed by atoms with Gasteiger partial charge in [-0.15, -0.1) is 0 Å². The Hall–Kier alpha value is -3.22. The van der Waals surface area contributed by atoms with Crippen molar-refractivity contribution in [3.05, 3.63) is 58.4 Å². The number of pyridine rings is 1. The molecule has 1 amide bonds. The predicted octanol–water partition coefficient (Wildman–Crippen LogP) is 0.977. The van der Waals surface area contributed by atoms with Crippen LogP contribution in [0.1, 0.15) is 46.7 Å². The lowest BCUT2D eigenvalue weighted by molar-refractivity contribution is -0.148. The minimum absolute atomic E-state index is 0.102. The van der Waals surface area contributed by atoms with Crippen LogP contribution in [-0.4, -0.2) is 35.0 Å². The van der Waals surface area contributed by atoms with Crippen molar-refractivity contribution in [3.8, 4) is 6.07 Å². The topological polar surface area (TPSA) is 122 Å². The monoisotopic (exact) mass is 407 g/mol. The maximum absolute atomic E-state index is 12.9. The van der Waals surface area contributed by atoms with Crippen molar-refractivity contribution in [2.75, 3.05) is 0 Å². The fraction of sp³-hybridized carbons (Fsp3) is 0.333. The molecule has 154 valence electrons. The van der Waals surface area contributed by atoms with Crippen LogP contribution in [0.15, 0.2) is 30.3 Å². The number of amides is 1. The van der Waals surface area contributed by atoms with Gasteiger partial charge >= 0.3 is 13.1 Å². The maximum Gasteiger partial charge on any atom is 0.492 e. The average Bonchev–Trinajstić information content (AvgIpc) is 3.11. The van der Waals surface area contributed by atoms with Crippen molar-refractivity contribution in [2.45, 2.75) is 40.0 Å². The van der Waals surface area contributed by atoms with E-state index in [4.69, 9.17) is 14.7 Å². The average molecular weight is 407 g/mol. The first-order valence-corrected chi connectivity index (χ1v) is 9.57. The Morgan fingerprint density at radius 1 is 1.37 bits per heavy atom. The van der Waals surface area contributed by atoms with Gasteiger partial charge in [0.15, 0.2) is 0 Å². The van der Waals surface area contributed by atoms with Crippen molar-refractivity contribution in [2.24, 2.45) is 5.92 Å². The van der Waals surface area contributed by atoms with E-state index in [1.807, 2.05) is 6.07 Å².